The highest BCUT2D eigenvalue weighted by Gasteiger charge is 2.25. The number of hydrogen-bond donors (Lipinski definition) is 1. The van der Waals surface area contributed by atoms with Crippen LogP contribution in [-0.4, -0.2) is 22.6 Å². The van der Waals surface area contributed by atoms with Crippen LogP contribution in [0, 0.1) is 0 Å². The number of nitrogens with zero attached hydrogens (tertiary/aromatic N) is 1. The summed E-state index contributed by atoms with van der Waals surface area (Å²) < 4.78 is 5.48. The fourth-order valence-corrected chi connectivity index (χ4v) is 1.76. The predicted octanol–water partition coefficient (Wildman–Crippen LogP) is 3.80. The number of amides is 1. The average Bonchev–Trinajstić information content (AvgIpc) is 2.35. The summed E-state index contributed by atoms with van der Waals surface area (Å²) in [4.78, 5) is 14.1. The van der Waals surface area contributed by atoms with Crippen molar-refractivity contribution in [1.29, 1.82) is 0 Å². The molecule has 2 N–H and O–H groups in total. The molecular formula is C16H26N2O2. The van der Waals surface area contributed by atoms with Crippen LogP contribution in [0.2, 0.25) is 0 Å². The molecule has 0 saturated heterocycles. The Labute approximate surface area is 121 Å². The second-order valence-electron chi connectivity index (χ2n) is 6.11. The standard InChI is InChI=1S/C16H26N2O2/c1-6-12(2)18(15(19)20-16(3,4)5)11-13-7-9-14(17)10-8-13/h7-10,12H,6,11,17H2,1-5H3. The summed E-state index contributed by atoms with van der Waals surface area (Å²) in [6.07, 6.45) is 0.609. The second-order valence-corrected chi connectivity index (χ2v) is 6.11. The lowest BCUT2D eigenvalue weighted by atomic mass is 10.1. The fourth-order valence-electron chi connectivity index (χ4n) is 1.76. The maximum atomic E-state index is 12.3. The third-order valence-electron chi connectivity index (χ3n) is 3.08. The highest BCUT2D eigenvalue weighted by molar-refractivity contribution is 5.68. The van der Waals surface area contributed by atoms with Crippen LogP contribution in [0.25, 0.3) is 0 Å². The van der Waals surface area contributed by atoms with E-state index in [1.165, 1.54) is 0 Å². The van der Waals surface area contributed by atoms with Crippen molar-refractivity contribution in [2.75, 3.05) is 5.73 Å². The summed E-state index contributed by atoms with van der Waals surface area (Å²) in [6, 6.07) is 7.70. The molecule has 0 aliphatic heterocycles. The lowest BCUT2D eigenvalue weighted by molar-refractivity contribution is 0.0152. The zero-order chi connectivity index (χ0) is 15.3. The van der Waals surface area contributed by atoms with Crippen molar-refractivity contribution in [2.24, 2.45) is 0 Å². The lowest BCUT2D eigenvalue weighted by Gasteiger charge is -2.31. The molecule has 1 aromatic rings. The maximum absolute atomic E-state index is 12.3. The first-order valence-corrected chi connectivity index (χ1v) is 7.07. The Morgan fingerprint density at radius 1 is 1.30 bits per heavy atom. The molecule has 1 rings (SSSR count). The molecule has 0 aromatic heterocycles. The molecular weight excluding hydrogens is 252 g/mol. The quantitative estimate of drug-likeness (QED) is 0.852. The number of rotatable bonds is 4. The van der Waals surface area contributed by atoms with Gasteiger partial charge in [0, 0.05) is 18.3 Å². The van der Waals surface area contributed by atoms with Gasteiger partial charge in [-0.05, 0) is 51.8 Å². The van der Waals surface area contributed by atoms with Crippen LogP contribution in [0.5, 0.6) is 0 Å². The topological polar surface area (TPSA) is 55.6 Å². The molecule has 20 heavy (non-hydrogen) atoms. The Kier molecular flexibility index (Phi) is 5.43. The molecule has 4 heteroatoms. The first-order chi connectivity index (χ1) is 9.23. The molecule has 0 spiro atoms. The van der Waals surface area contributed by atoms with E-state index in [1.807, 2.05) is 52.0 Å². The summed E-state index contributed by atoms with van der Waals surface area (Å²) in [7, 11) is 0. The van der Waals surface area contributed by atoms with Gasteiger partial charge in [-0.25, -0.2) is 4.79 Å². The number of hydrogen-bond acceptors (Lipinski definition) is 3. The fraction of sp³-hybridized carbons (Fsp3) is 0.562. The molecule has 1 unspecified atom stereocenters. The normalized spacial score (nSPS) is 12.8. The number of carbonyl (C=O) groups is 1. The van der Waals surface area contributed by atoms with Crippen molar-refractivity contribution in [3.63, 3.8) is 0 Å². The van der Waals surface area contributed by atoms with Crippen LogP contribution in [0.1, 0.15) is 46.6 Å². The number of nitrogens with two attached hydrogens (primary N) is 1. The third-order valence-corrected chi connectivity index (χ3v) is 3.08. The first kappa shape index (κ1) is 16.3. The minimum absolute atomic E-state index is 0.127. The van der Waals surface area contributed by atoms with E-state index in [9.17, 15) is 4.79 Å². The van der Waals surface area contributed by atoms with Crippen LogP contribution in [0.15, 0.2) is 24.3 Å². The molecule has 0 aliphatic carbocycles. The summed E-state index contributed by atoms with van der Waals surface area (Å²) in [6.45, 7) is 10.3. The highest BCUT2D eigenvalue weighted by atomic mass is 16.6. The molecule has 0 fully saturated rings. The van der Waals surface area contributed by atoms with E-state index in [1.54, 1.807) is 4.90 Å². The molecule has 0 aliphatic rings. The SMILES string of the molecule is CCC(C)N(Cc1ccc(N)cc1)C(=O)OC(C)(C)C. The average molecular weight is 278 g/mol. The van der Waals surface area contributed by atoms with Gasteiger partial charge in [0.1, 0.15) is 5.60 Å². The van der Waals surface area contributed by atoms with Crippen LogP contribution in [-0.2, 0) is 11.3 Å². The van der Waals surface area contributed by atoms with Crippen molar-refractivity contribution >= 4 is 11.8 Å². The molecule has 4 nitrogen and oxygen atoms in total. The van der Waals surface area contributed by atoms with E-state index < -0.39 is 5.60 Å². The van der Waals surface area contributed by atoms with Gasteiger partial charge in [-0.2, -0.15) is 0 Å². The van der Waals surface area contributed by atoms with E-state index in [0.717, 1.165) is 17.7 Å². The van der Waals surface area contributed by atoms with Crippen molar-refractivity contribution < 1.29 is 9.53 Å². The predicted molar refractivity (Wildman–Crippen MR) is 82.4 cm³/mol. The summed E-state index contributed by atoms with van der Waals surface area (Å²) in [5.41, 5.74) is 6.97. The van der Waals surface area contributed by atoms with Crippen LogP contribution in [0.4, 0.5) is 10.5 Å². The Balaban J connectivity index is 2.84. The van der Waals surface area contributed by atoms with Gasteiger partial charge >= 0.3 is 6.09 Å². The van der Waals surface area contributed by atoms with Gasteiger partial charge in [-0.15, -0.1) is 0 Å². The molecule has 0 radical (unpaired) electrons. The Hall–Kier alpha value is -1.71. The molecule has 1 atom stereocenters. The summed E-state index contributed by atoms with van der Waals surface area (Å²) in [5.74, 6) is 0. The molecule has 0 saturated carbocycles. The third kappa shape index (κ3) is 5.11. The smallest absolute Gasteiger partial charge is 0.410 e. The summed E-state index contributed by atoms with van der Waals surface area (Å²) in [5, 5.41) is 0. The molecule has 0 bridgehead atoms. The minimum atomic E-state index is -0.482. The van der Waals surface area contributed by atoms with Crippen molar-refractivity contribution in [3.05, 3.63) is 29.8 Å². The van der Waals surface area contributed by atoms with E-state index >= 15 is 0 Å². The van der Waals surface area contributed by atoms with E-state index in [2.05, 4.69) is 6.92 Å². The maximum Gasteiger partial charge on any atom is 0.410 e. The zero-order valence-electron chi connectivity index (χ0n) is 13.1. The van der Waals surface area contributed by atoms with Crippen LogP contribution < -0.4 is 5.73 Å². The number of nitrogen functional groups attached to an aromatic ring is 1. The van der Waals surface area contributed by atoms with Crippen LogP contribution >= 0.6 is 0 Å². The van der Waals surface area contributed by atoms with Gasteiger partial charge in [0.15, 0.2) is 0 Å². The van der Waals surface area contributed by atoms with E-state index in [0.29, 0.717) is 6.54 Å². The largest absolute Gasteiger partial charge is 0.444 e. The Morgan fingerprint density at radius 3 is 2.30 bits per heavy atom. The molecule has 0 heterocycles. The minimum Gasteiger partial charge on any atom is -0.444 e. The van der Waals surface area contributed by atoms with Crippen molar-refractivity contribution in [1.82, 2.24) is 4.90 Å². The van der Waals surface area contributed by atoms with Gasteiger partial charge in [-0.1, -0.05) is 19.1 Å². The van der Waals surface area contributed by atoms with Gasteiger partial charge in [0.05, 0.1) is 0 Å². The van der Waals surface area contributed by atoms with Gasteiger partial charge in [-0.3, -0.25) is 0 Å². The number of ether oxygens (including phenoxy) is 1. The lowest BCUT2D eigenvalue weighted by Crippen LogP contribution is -2.41. The monoisotopic (exact) mass is 278 g/mol. The zero-order valence-corrected chi connectivity index (χ0v) is 13.1. The van der Waals surface area contributed by atoms with Gasteiger partial charge in [0.2, 0.25) is 0 Å². The van der Waals surface area contributed by atoms with Gasteiger partial charge < -0.3 is 15.4 Å². The van der Waals surface area contributed by atoms with Gasteiger partial charge in [0.25, 0.3) is 0 Å². The highest BCUT2D eigenvalue weighted by Crippen LogP contribution is 2.17. The number of benzene rings is 1. The van der Waals surface area contributed by atoms with E-state index in [-0.39, 0.29) is 12.1 Å². The van der Waals surface area contributed by atoms with Crippen LogP contribution in [0.3, 0.4) is 0 Å². The first-order valence-electron chi connectivity index (χ1n) is 7.07. The molecule has 1 amide bonds. The van der Waals surface area contributed by atoms with Crippen molar-refractivity contribution in [3.8, 4) is 0 Å². The Bertz CT molecular complexity index is 435. The Morgan fingerprint density at radius 2 is 1.85 bits per heavy atom. The summed E-state index contributed by atoms with van der Waals surface area (Å²) >= 11 is 0. The number of anilines is 1. The van der Waals surface area contributed by atoms with Crippen molar-refractivity contribution in [2.45, 2.75) is 59.2 Å². The molecule has 112 valence electrons. The van der Waals surface area contributed by atoms with E-state index in [4.69, 9.17) is 10.5 Å². The number of carbonyl (C=O) groups excluding carboxylic acids is 1. The molecule has 1 aromatic carbocycles. The second kappa shape index (κ2) is 6.64.